The first-order valence-electron chi connectivity index (χ1n) is 8.04. The molecule has 0 bridgehead atoms. The van der Waals surface area contributed by atoms with Crippen molar-refractivity contribution in [2.75, 3.05) is 22.6 Å². The molecule has 2 amide bonds. The van der Waals surface area contributed by atoms with Crippen molar-refractivity contribution in [2.45, 2.75) is 19.3 Å². The lowest BCUT2D eigenvalue weighted by atomic mass is 10.1. The zero-order valence-electron chi connectivity index (χ0n) is 13.3. The fourth-order valence-corrected chi connectivity index (χ4v) is 3.02. The Morgan fingerprint density at radius 3 is 2.54 bits per heavy atom. The summed E-state index contributed by atoms with van der Waals surface area (Å²) in [5.74, 6) is -0.373. The molecular weight excluding hydrogens is 324 g/mol. The van der Waals surface area contributed by atoms with Crippen molar-refractivity contribution >= 4 is 34.8 Å². The Hall–Kier alpha value is -2.33. The molecule has 0 saturated heterocycles. The molecule has 2 aromatic carbocycles. The number of carbonyl (C=O) groups excluding carboxylic acids is 2. The topological polar surface area (TPSA) is 49.4 Å². The minimum Gasteiger partial charge on any atom is -0.325 e. The molecule has 3 rings (SSSR count). The van der Waals surface area contributed by atoms with Gasteiger partial charge in [-0.2, -0.15) is 0 Å². The van der Waals surface area contributed by atoms with Gasteiger partial charge in [-0.3, -0.25) is 9.59 Å². The summed E-state index contributed by atoms with van der Waals surface area (Å²) < 4.78 is 0. The molecule has 0 unspecified atom stereocenters. The van der Waals surface area contributed by atoms with E-state index >= 15 is 0 Å². The number of anilines is 2. The van der Waals surface area contributed by atoms with Crippen molar-refractivity contribution in [2.24, 2.45) is 0 Å². The second-order valence-corrected chi connectivity index (χ2v) is 6.07. The Morgan fingerprint density at radius 1 is 1.04 bits per heavy atom. The molecule has 2 aromatic rings. The Bertz CT molecular complexity index is 743. The smallest absolute Gasteiger partial charge is 0.258 e. The first-order valence-corrected chi connectivity index (χ1v) is 8.58. The van der Waals surface area contributed by atoms with E-state index in [4.69, 9.17) is 11.6 Å². The summed E-state index contributed by atoms with van der Waals surface area (Å²) in [6.07, 6.45) is 3.08. The van der Waals surface area contributed by atoms with E-state index in [-0.39, 0.29) is 17.7 Å². The molecule has 0 saturated carbocycles. The van der Waals surface area contributed by atoms with Gasteiger partial charge in [0.1, 0.15) is 5.88 Å². The van der Waals surface area contributed by atoms with Crippen LogP contribution in [0, 0.1) is 0 Å². The van der Waals surface area contributed by atoms with Crippen molar-refractivity contribution in [3.63, 3.8) is 0 Å². The average molecular weight is 343 g/mol. The predicted molar refractivity (Wildman–Crippen MR) is 96.8 cm³/mol. The molecule has 24 heavy (non-hydrogen) atoms. The average Bonchev–Trinajstić information content (AvgIpc) is 2.84. The van der Waals surface area contributed by atoms with Gasteiger partial charge in [0.05, 0.1) is 0 Å². The lowest BCUT2D eigenvalue weighted by molar-refractivity contribution is -0.113. The van der Waals surface area contributed by atoms with Crippen molar-refractivity contribution in [1.29, 1.82) is 0 Å². The van der Waals surface area contributed by atoms with Crippen LogP contribution < -0.4 is 10.2 Å². The maximum absolute atomic E-state index is 12.9. The van der Waals surface area contributed by atoms with Gasteiger partial charge in [-0.15, -0.1) is 11.6 Å². The van der Waals surface area contributed by atoms with Gasteiger partial charge in [-0.25, -0.2) is 0 Å². The number of halogens is 1. The Kier molecular flexibility index (Phi) is 5.16. The Balaban J connectivity index is 1.82. The van der Waals surface area contributed by atoms with Crippen LogP contribution in [0.15, 0.2) is 48.5 Å². The summed E-state index contributed by atoms with van der Waals surface area (Å²) in [4.78, 5) is 26.1. The molecule has 0 aliphatic carbocycles. The first kappa shape index (κ1) is 16.5. The zero-order chi connectivity index (χ0) is 16.9. The van der Waals surface area contributed by atoms with E-state index in [9.17, 15) is 9.59 Å². The van der Waals surface area contributed by atoms with E-state index in [1.54, 1.807) is 24.3 Å². The SMILES string of the molecule is O=C(CCl)Nc1ccc(C(=O)N2CCCCc3ccccc32)cc1. The van der Waals surface area contributed by atoms with Crippen molar-refractivity contribution < 1.29 is 9.59 Å². The fraction of sp³-hybridized carbons (Fsp3) is 0.263. The number of alkyl halides is 1. The number of fused-ring (bicyclic) bond motifs is 1. The second-order valence-electron chi connectivity index (χ2n) is 5.80. The number of nitrogens with zero attached hydrogens (tertiary/aromatic N) is 1. The maximum Gasteiger partial charge on any atom is 0.258 e. The van der Waals surface area contributed by atoms with Crippen molar-refractivity contribution in [3.05, 3.63) is 59.7 Å². The summed E-state index contributed by atoms with van der Waals surface area (Å²) >= 11 is 5.48. The molecule has 0 spiro atoms. The van der Waals surface area contributed by atoms with E-state index in [0.717, 1.165) is 31.5 Å². The van der Waals surface area contributed by atoms with E-state index in [1.165, 1.54) is 5.56 Å². The maximum atomic E-state index is 12.9. The molecule has 0 atom stereocenters. The van der Waals surface area contributed by atoms with Crippen molar-refractivity contribution in [1.82, 2.24) is 0 Å². The van der Waals surface area contributed by atoms with Crippen LogP contribution >= 0.6 is 11.6 Å². The third kappa shape index (κ3) is 3.60. The van der Waals surface area contributed by atoms with Crippen LogP contribution in [-0.4, -0.2) is 24.2 Å². The molecule has 4 nitrogen and oxygen atoms in total. The summed E-state index contributed by atoms with van der Waals surface area (Å²) in [5.41, 5.74) is 3.46. The van der Waals surface area contributed by atoms with Gasteiger partial charge in [-0.1, -0.05) is 18.2 Å². The molecule has 0 radical (unpaired) electrons. The highest BCUT2D eigenvalue weighted by Gasteiger charge is 2.21. The van der Waals surface area contributed by atoms with Crippen LogP contribution in [-0.2, 0) is 11.2 Å². The zero-order valence-corrected chi connectivity index (χ0v) is 14.1. The van der Waals surface area contributed by atoms with Crippen LogP contribution in [0.5, 0.6) is 0 Å². The monoisotopic (exact) mass is 342 g/mol. The van der Waals surface area contributed by atoms with Gasteiger partial charge < -0.3 is 10.2 Å². The number of aryl methyl sites for hydroxylation is 1. The molecule has 5 heteroatoms. The third-order valence-electron chi connectivity index (χ3n) is 4.14. The highest BCUT2D eigenvalue weighted by molar-refractivity contribution is 6.29. The van der Waals surface area contributed by atoms with Gasteiger partial charge >= 0.3 is 0 Å². The normalized spacial score (nSPS) is 13.8. The van der Waals surface area contributed by atoms with Crippen LogP contribution in [0.2, 0.25) is 0 Å². The number of amides is 2. The molecule has 0 aromatic heterocycles. The molecular formula is C19H19ClN2O2. The number of para-hydroxylation sites is 1. The van der Waals surface area contributed by atoms with E-state index in [2.05, 4.69) is 11.4 Å². The first-order chi connectivity index (χ1) is 11.7. The largest absolute Gasteiger partial charge is 0.325 e. The summed E-state index contributed by atoms with van der Waals surface area (Å²) in [6.45, 7) is 0.723. The summed E-state index contributed by atoms with van der Waals surface area (Å²) in [5, 5.41) is 2.67. The number of hydrogen-bond acceptors (Lipinski definition) is 2. The Labute approximate surface area is 146 Å². The van der Waals surface area contributed by atoms with Gasteiger partial charge in [-0.05, 0) is 55.2 Å². The molecule has 1 N–H and O–H groups in total. The molecule has 1 heterocycles. The second kappa shape index (κ2) is 7.49. The minimum absolute atomic E-state index is 0.0143. The number of benzene rings is 2. The molecule has 1 aliphatic rings. The van der Waals surface area contributed by atoms with Crippen LogP contribution in [0.1, 0.15) is 28.8 Å². The van der Waals surface area contributed by atoms with E-state index in [0.29, 0.717) is 11.3 Å². The third-order valence-corrected chi connectivity index (χ3v) is 4.39. The number of rotatable bonds is 3. The standard InChI is InChI=1S/C19H19ClN2O2/c20-13-18(23)21-16-10-8-15(9-11-16)19(24)22-12-4-3-6-14-5-1-2-7-17(14)22/h1-2,5,7-11H,3-4,6,12-13H2,(H,21,23). The number of nitrogens with one attached hydrogen (secondary N) is 1. The van der Waals surface area contributed by atoms with Crippen LogP contribution in [0.3, 0.4) is 0 Å². The van der Waals surface area contributed by atoms with Gasteiger partial charge in [0.25, 0.3) is 5.91 Å². The lowest BCUT2D eigenvalue weighted by Crippen LogP contribution is -2.31. The van der Waals surface area contributed by atoms with Crippen LogP contribution in [0.4, 0.5) is 11.4 Å². The molecule has 124 valence electrons. The minimum atomic E-state index is -0.266. The molecule has 0 fully saturated rings. The van der Waals surface area contributed by atoms with Gasteiger partial charge in [0.2, 0.25) is 5.91 Å². The highest BCUT2D eigenvalue weighted by atomic mass is 35.5. The fourth-order valence-electron chi connectivity index (χ4n) is 2.95. The van der Waals surface area contributed by atoms with Gasteiger partial charge in [0, 0.05) is 23.5 Å². The predicted octanol–water partition coefficient (Wildman–Crippen LogP) is 3.85. The highest BCUT2D eigenvalue weighted by Crippen LogP contribution is 2.27. The Morgan fingerprint density at radius 2 is 1.79 bits per heavy atom. The summed E-state index contributed by atoms with van der Waals surface area (Å²) in [6, 6.07) is 15.0. The van der Waals surface area contributed by atoms with E-state index in [1.807, 2.05) is 23.1 Å². The number of hydrogen-bond donors (Lipinski definition) is 1. The van der Waals surface area contributed by atoms with Crippen LogP contribution in [0.25, 0.3) is 0 Å². The number of carbonyl (C=O) groups is 2. The summed E-state index contributed by atoms with van der Waals surface area (Å²) in [7, 11) is 0. The van der Waals surface area contributed by atoms with E-state index < -0.39 is 0 Å². The lowest BCUT2D eigenvalue weighted by Gasteiger charge is -2.23. The van der Waals surface area contributed by atoms with Gasteiger partial charge in [0.15, 0.2) is 0 Å². The van der Waals surface area contributed by atoms with Crippen molar-refractivity contribution in [3.8, 4) is 0 Å². The molecule has 1 aliphatic heterocycles. The quantitative estimate of drug-likeness (QED) is 0.861.